The van der Waals surface area contributed by atoms with Crippen molar-refractivity contribution in [2.75, 3.05) is 0 Å². The number of aliphatic imine (C=N–C) groups is 1. The predicted molar refractivity (Wildman–Crippen MR) is 53.9 cm³/mol. The fourth-order valence-electron chi connectivity index (χ4n) is 1.76. The van der Waals surface area contributed by atoms with Gasteiger partial charge in [-0.15, -0.1) is 0 Å². The monoisotopic (exact) mass is 166 g/mol. The van der Waals surface area contributed by atoms with Crippen molar-refractivity contribution in [2.24, 2.45) is 4.99 Å². The van der Waals surface area contributed by atoms with Crippen molar-refractivity contribution in [3.8, 4) is 0 Å². The molecular formula is C12H8N. The molecular weight excluding hydrogens is 158 g/mol. The molecule has 0 bridgehead atoms. The zero-order valence-corrected chi connectivity index (χ0v) is 7.12. The SMILES string of the molecule is [C]1=CCC=C2C1=Nc1ccccc12. The molecule has 0 atom stereocenters. The summed E-state index contributed by atoms with van der Waals surface area (Å²) < 4.78 is 0. The predicted octanol–water partition coefficient (Wildman–Crippen LogP) is 2.92. The Labute approximate surface area is 77.1 Å². The Morgan fingerprint density at radius 1 is 1.23 bits per heavy atom. The van der Waals surface area contributed by atoms with E-state index in [-0.39, 0.29) is 0 Å². The Kier molecular flexibility index (Phi) is 1.28. The van der Waals surface area contributed by atoms with Gasteiger partial charge in [0.25, 0.3) is 0 Å². The number of hydrogen-bond donors (Lipinski definition) is 0. The summed E-state index contributed by atoms with van der Waals surface area (Å²) in [7, 11) is 0. The van der Waals surface area contributed by atoms with Gasteiger partial charge in [0.05, 0.1) is 11.4 Å². The Morgan fingerprint density at radius 2 is 2.15 bits per heavy atom. The summed E-state index contributed by atoms with van der Waals surface area (Å²) >= 11 is 0. The van der Waals surface area contributed by atoms with Gasteiger partial charge in [0, 0.05) is 17.2 Å². The van der Waals surface area contributed by atoms with Gasteiger partial charge in [-0.25, -0.2) is 4.99 Å². The molecule has 1 aliphatic heterocycles. The van der Waals surface area contributed by atoms with Crippen molar-refractivity contribution in [3.05, 3.63) is 48.1 Å². The van der Waals surface area contributed by atoms with E-state index < -0.39 is 0 Å². The summed E-state index contributed by atoms with van der Waals surface area (Å²) in [6.07, 6.45) is 8.39. The highest BCUT2D eigenvalue weighted by Crippen LogP contribution is 2.36. The number of rotatable bonds is 0. The average Bonchev–Trinajstić information content (AvgIpc) is 2.56. The summed E-state index contributed by atoms with van der Waals surface area (Å²) in [6, 6.07) is 8.23. The van der Waals surface area contributed by atoms with Crippen LogP contribution in [0.2, 0.25) is 0 Å². The van der Waals surface area contributed by atoms with Crippen LogP contribution in [0.1, 0.15) is 12.0 Å². The molecule has 1 aromatic carbocycles. The van der Waals surface area contributed by atoms with E-state index in [0.29, 0.717) is 0 Å². The van der Waals surface area contributed by atoms with Crippen molar-refractivity contribution in [1.82, 2.24) is 0 Å². The number of para-hydroxylation sites is 1. The van der Waals surface area contributed by atoms with Gasteiger partial charge in [0.15, 0.2) is 0 Å². The third kappa shape index (κ3) is 0.903. The number of hydrogen-bond acceptors (Lipinski definition) is 1. The highest BCUT2D eigenvalue weighted by molar-refractivity contribution is 6.32. The van der Waals surface area contributed by atoms with Crippen LogP contribution in [0.25, 0.3) is 5.57 Å². The van der Waals surface area contributed by atoms with Crippen LogP contribution in [-0.2, 0) is 0 Å². The smallest absolute Gasteiger partial charge is 0.0789 e. The van der Waals surface area contributed by atoms with Crippen LogP contribution < -0.4 is 0 Å². The minimum atomic E-state index is 0.975. The van der Waals surface area contributed by atoms with Gasteiger partial charge in [-0.2, -0.15) is 0 Å². The molecule has 3 rings (SSSR count). The third-order valence-electron chi connectivity index (χ3n) is 2.36. The van der Waals surface area contributed by atoms with Crippen LogP contribution in [0.4, 0.5) is 5.69 Å². The second-order valence-electron chi connectivity index (χ2n) is 3.18. The molecule has 0 unspecified atom stereocenters. The van der Waals surface area contributed by atoms with Gasteiger partial charge in [-0.3, -0.25) is 0 Å². The van der Waals surface area contributed by atoms with Crippen LogP contribution >= 0.6 is 0 Å². The number of allylic oxidation sites excluding steroid dienone is 4. The van der Waals surface area contributed by atoms with Gasteiger partial charge in [-0.05, 0) is 12.5 Å². The first-order valence-electron chi connectivity index (χ1n) is 4.42. The van der Waals surface area contributed by atoms with Crippen LogP contribution in [0.5, 0.6) is 0 Å². The largest absolute Gasteiger partial charge is 0.247 e. The highest BCUT2D eigenvalue weighted by Gasteiger charge is 2.19. The minimum absolute atomic E-state index is 0.975. The summed E-state index contributed by atoms with van der Waals surface area (Å²) in [5.41, 5.74) is 4.57. The second kappa shape index (κ2) is 2.43. The lowest BCUT2D eigenvalue weighted by molar-refractivity contribution is 1.38. The molecule has 2 aliphatic rings. The number of benzene rings is 1. The molecule has 0 spiro atoms. The fourth-order valence-corrected chi connectivity index (χ4v) is 1.76. The van der Waals surface area contributed by atoms with Gasteiger partial charge in [-0.1, -0.05) is 30.4 Å². The van der Waals surface area contributed by atoms with Gasteiger partial charge in [0.2, 0.25) is 0 Å². The molecule has 1 aromatic rings. The molecule has 13 heavy (non-hydrogen) atoms. The van der Waals surface area contributed by atoms with E-state index in [2.05, 4.69) is 29.3 Å². The maximum absolute atomic E-state index is 4.48. The van der Waals surface area contributed by atoms with Crippen molar-refractivity contribution in [3.63, 3.8) is 0 Å². The van der Waals surface area contributed by atoms with Crippen LogP contribution in [0.15, 0.2) is 41.4 Å². The molecule has 0 N–H and O–H groups in total. The molecule has 61 valence electrons. The first-order chi connectivity index (χ1) is 6.45. The Bertz CT molecular complexity index is 450. The van der Waals surface area contributed by atoms with Crippen molar-refractivity contribution < 1.29 is 0 Å². The van der Waals surface area contributed by atoms with E-state index in [1.165, 1.54) is 11.1 Å². The van der Waals surface area contributed by atoms with Crippen LogP contribution in [0, 0.1) is 6.08 Å². The second-order valence-corrected chi connectivity index (χ2v) is 3.18. The molecule has 1 radical (unpaired) electrons. The number of fused-ring (bicyclic) bond motifs is 3. The maximum atomic E-state index is 4.48. The summed E-state index contributed by atoms with van der Waals surface area (Å²) in [4.78, 5) is 4.48. The Morgan fingerprint density at radius 3 is 3.15 bits per heavy atom. The standard InChI is InChI=1S/C12H8N/c1-3-7-11-9(5-1)10-6-2-4-8-12(10)13-11/h1,3-7H,2H2. The lowest BCUT2D eigenvalue weighted by Crippen LogP contribution is -1.96. The zero-order valence-electron chi connectivity index (χ0n) is 7.12. The Hall–Kier alpha value is -1.63. The molecule has 0 saturated heterocycles. The normalized spacial score (nSPS) is 17.5. The van der Waals surface area contributed by atoms with E-state index in [1.54, 1.807) is 0 Å². The van der Waals surface area contributed by atoms with E-state index in [1.807, 2.05) is 18.2 Å². The van der Waals surface area contributed by atoms with Crippen molar-refractivity contribution in [1.29, 1.82) is 0 Å². The summed E-state index contributed by atoms with van der Waals surface area (Å²) in [5.74, 6) is 0. The highest BCUT2D eigenvalue weighted by atomic mass is 14.8. The van der Waals surface area contributed by atoms with E-state index >= 15 is 0 Å². The third-order valence-corrected chi connectivity index (χ3v) is 2.36. The molecule has 0 saturated carbocycles. The van der Waals surface area contributed by atoms with Gasteiger partial charge < -0.3 is 0 Å². The topological polar surface area (TPSA) is 12.4 Å². The average molecular weight is 166 g/mol. The number of nitrogens with zero attached hydrogens (tertiary/aromatic N) is 1. The summed E-state index contributed by atoms with van der Waals surface area (Å²) in [5, 5.41) is 0. The zero-order chi connectivity index (χ0) is 8.67. The Balaban J connectivity index is 2.26. The van der Waals surface area contributed by atoms with Crippen LogP contribution in [-0.4, -0.2) is 5.71 Å². The van der Waals surface area contributed by atoms with Gasteiger partial charge >= 0.3 is 0 Å². The quantitative estimate of drug-likeness (QED) is 0.562. The van der Waals surface area contributed by atoms with Crippen LogP contribution in [0.3, 0.4) is 0 Å². The first kappa shape index (κ1) is 6.84. The lowest BCUT2D eigenvalue weighted by atomic mass is 9.98. The molecule has 1 nitrogen and oxygen atoms in total. The van der Waals surface area contributed by atoms with E-state index in [9.17, 15) is 0 Å². The first-order valence-corrected chi connectivity index (χ1v) is 4.42. The molecule has 1 heteroatoms. The van der Waals surface area contributed by atoms with Crippen molar-refractivity contribution in [2.45, 2.75) is 6.42 Å². The lowest BCUT2D eigenvalue weighted by Gasteiger charge is -2.03. The molecule has 0 fully saturated rings. The van der Waals surface area contributed by atoms with E-state index in [4.69, 9.17) is 0 Å². The molecule has 1 aliphatic carbocycles. The molecule has 0 amide bonds. The molecule has 1 heterocycles. The minimum Gasteiger partial charge on any atom is -0.247 e. The molecule has 0 aromatic heterocycles. The van der Waals surface area contributed by atoms with Crippen molar-refractivity contribution >= 4 is 17.0 Å². The summed E-state index contributed by atoms with van der Waals surface area (Å²) in [6.45, 7) is 0. The fraction of sp³-hybridized carbons (Fsp3) is 0.0833. The van der Waals surface area contributed by atoms with Gasteiger partial charge in [0.1, 0.15) is 0 Å². The van der Waals surface area contributed by atoms with E-state index in [0.717, 1.165) is 17.8 Å². The maximum Gasteiger partial charge on any atom is 0.0789 e.